The number of unbranched alkanes of at least 4 members (excludes halogenated alkanes) is 15. The van der Waals surface area contributed by atoms with Gasteiger partial charge in [-0.2, -0.15) is 4.39 Å². The fourth-order valence-corrected chi connectivity index (χ4v) is 4.55. The molecule has 39 heavy (non-hydrogen) atoms. The Kier molecular flexibility index (Phi) is 18.4. The third kappa shape index (κ3) is 13.6. The lowest BCUT2D eigenvalue weighted by atomic mass is 10.0. The van der Waals surface area contributed by atoms with Gasteiger partial charge < -0.3 is 14.8 Å². The van der Waals surface area contributed by atoms with Crippen LogP contribution in [0.3, 0.4) is 0 Å². The Morgan fingerprint density at radius 3 is 1.67 bits per heavy atom. The Morgan fingerprint density at radius 2 is 1.23 bits per heavy atom. The maximum Gasteiger partial charge on any atom is 0.328 e. The summed E-state index contributed by atoms with van der Waals surface area (Å²) in [6.45, 7) is 5.87. The zero-order chi connectivity index (χ0) is 29.0. The van der Waals surface area contributed by atoms with Gasteiger partial charge in [0.15, 0.2) is 17.4 Å². The minimum absolute atomic E-state index is 0.226. The molecule has 0 aliphatic rings. The van der Waals surface area contributed by atoms with Crippen molar-refractivity contribution in [2.75, 3.05) is 13.7 Å². The van der Waals surface area contributed by atoms with Crippen LogP contribution in [-0.2, 0) is 9.53 Å². The minimum atomic E-state index is -1.52. The maximum absolute atomic E-state index is 14.4. The number of hydrogen-bond donors (Lipinski definition) is 1. The van der Waals surface area contributed by atoms with Crippen LogP contribution in [0.1, 0.15) is 134 Å². The average molecular weight is 558 g/mol. The first-order valence-corrected chi connectivity index (χ1v) is 14.9. The van der Waals surface area contributed by atoms with Gasteiger partial charge in [-0.25, -0.2) is 13.6 Å². The molecule has 0 aromatic heterocycles. The predicted octanol–water partition coefficient (Wildman–Crippen LogP) is 8.67. The molecule has 5 nitrogen and oxygen atoms in total. The summed E-state index contributed by atoms with van der Waals surface area (Å²) in [6.07, 6.45) is 20.0. The number of hydrogen-bond acceptors (Lipinski definition) is 4. The summed E-state index contributed by atoms with van der Waals surface area (Å²) >= 11 is 0. The number of rotatable bonds is 22. The highest BCUT2D eigenvalue weighted by Crippen LogP contribution is 2.27. The van der Waals surface area contributed by atoms with Gasteiger partial charge >= 0.3 is 5.97 Å². The molecule has 0 spiro atoms. The molecule has 8 heteroatoms. The molecule has 1 aromatic rings. The second kappa shape index (κ2) is 20.6. The SMILES string of the molecule is CCCCCCCCCCCCCCCCCCOC(=O)C(NC(=O)c1cc(F)c(F)c(OC)c1F)C(C)C. The van der Waals surface area contributed by atoms with E-state index in [0.717, 1.165) is 26.4 Å². The van der Waals surface area contributed by atoms with Gasteiger partial charge in [-0.05, 0) is 18.4 Å². The summed E-state index contributed by atoms with van der Waals surface area (Å²) in [5, 5.41) is 2.38. The van der Waals surface area contributed by atoms with E-state index in [1.54, 1.807) is 13.8 Å². The van der Waals surface area contributed by atoms with Crippen molar-refractivity contribution in [2.45, 2.75) is 130 Å². The van der Waals surface area contributed by atoms with Crippen LogP contribution >= 0.6 is 0 Å². The molecule has 0 saturated heterocycles. The Labute approximate surface area is 233 Å². The van der Waals surface area contributed by atoms with Gasteiger partial charge in [-0.15, -0.1) is 0 Å². The number of esters is 1. The third-order valence-electron chi connectivity index (χ3n) is 7.01. The van der Waals surface area contributed by atoms with Crippen LogP contribution in [0.2, 0.25) is 0 Å². The summed E-state index contributed by atoms with van der Waals surface area (Å²) in [4.78, 5) is 25.1. The van der Waals surface area contributed by atoms with Gasteiger partial charge in [-0.1, -0.05) is 117 Å². The van der Waals surface area contributed by atoms with Crippen molar-refractivity contribution < 1.29 is 32.2 Å². The van der Waals surface area contributed by atoms with Gasteiger partial charge in [0, 0.05) is 0 Å². The van der Waals surface area contributed by atoms with Crippen LogP contribution in [0, 0.1) is 23.4 Å². The Hall–Kier alpha value is -2.25. The fourth-order valence-electron chi connectivity index (χ4n) is 4.55. The van der Waals surface area contributed by atoms with E-state index in [4.69, 9.17) is 4.74 Å². The van der Waals surface area contributed by atoms with E-state index >= 15 is 0 Å². The van der Waals surface area contributed by atoms with E-state index < -0.39 is 46.7 Å². The smallest absolute Gasteiger partial charge is 0.328 e. The Bertz CT molecular complexity index is 848. The van der Waals surface area contributed by atoms with Gasteiger partial charge in [-0.3, -0.25) is 4.79 Å². The lowest BCUT2D eigenvalue weighted by Gasteiger charge is -2.21. The van der Waals surface area contributed by atoms with Crippen LogP contribution in [0.15, 0.2) is 6.07 Å². The number of ether oxygens (including phenoxy) is 2. The largest absolute Gasteiger partial charge is 0.491 e. The lowest BCUT2D eigenvalue weighted by molar-refractivity contribution is -0.147. The highest BCUT2D eigenvalue weighted by molar-refractivity contribution is 5.97. The second-order valence-electron chi connectivity index (χ2n) is 10.7. The highest BCUT2D eigenvalue weighted by Gasteiger charge is 2.29. The van der Waals surface area contributed by atoms with Crippen LogP contribution in [-0.4, -0.2) is 31.6 Å². The molecule has 224 valence electrons. The molecular formula is C31H50F3NO4. The summed E-state index contributed by atoms with van der Waals surface area (Å²) in [5.41, 5.74) is -0.748. The number of amides is 1. The molecule has 0 bridgehead atoms. The van der Waals surface area contributed by atoms with Gasteiger partial charge in [0.1, 0.15) is 6.04 Å². The number of nitrogens with one attached hydrogen (secondary N) is 1. The number of benzene rings is 1. The summed E-state index contributed by atoms with van der Waals surface area (Å²) in [5.74, 6) is -7.33. The molecule has 0 radical (unpaired) electrons. The van der Waals surface area contributed by atoms with E-state index in [-0.39, 0.29) is 12.5 Å². The van der Waals surface area contributed by atoms with Crippen molar-refractivity contribution in [1.29, 1.82) is 0 Å². The summed E-state index contributed by atoms with van der Waals surface area (Å²) < 4.78 is 51.8. The van der Waals surface area contributed by atoms with Crippen LogP contribution in [0.25, 0.3) is 0 Å². The lowest BCUT2D eigenvalue weighted by Crippen LogP contribution is -2.45. The molecule has 1 rings (SSSR count). The third-order valence-corrected chi connectivity index (χ3v) is 7.01. The maximum atomic E-state index is 14.4. The molecule has 1 N–H and O–H groups in total. The molecule has 1 amide bonds. The molecule has 1 unspecified atom stereocenters. The van der Waals surface area contributed by atoms with Crippen LogP contribution < -0.4 is 10.1 Å². The Morgan fingerprint density at radius 1 is 0.769 bits per heavy atom. The average Bonchev–Trinajstić information content (AvgIpc) is 2.91. The van der Waals surface area contributed by atoms with Gasteiger partial charge in [0.2, 0.25) is 5.82 Å². The monoisotopic (exact) mass is 557 g/mol. The predicted molar refractivity (Wildman–Crippen MR) is 149 cm³/mol. The molecule has 0 fully saturated rings. The first-order chi connectivity index (χ1) is 18.7. The van der Waals surface area contributed by atoms with Crippen LogP contribution in [0.4, 0.5) is 13.2 Å². The normalized spacial score (nSPS) is 12.0. The molecule has 1 aromatic carbocycles. The fraction of sp³-hybridized carbons (Fsp3) is 0.742. The first-order valence-electron chi connectivity index (χ1n) is 14.9. The highest BCUT2D eigenvalue weighted by atomic mass is 19.2. The standard InChI is InChI=1S/C31H50F3NO4/c1-5-6-7-8-9-10-11-12-13-14-15-16-17-18-19-20-21-39-31(37)28(23(2)3)35-30(36)24-22-25(32)27(34)29(38-4)26(24)33/h22-23,28H,5-21H2,1-4H3,(H,35,36). The number of carbonyl (C=O) groups is 2. The minimum Gasteiger partial charge on any atom is -0.491 e. The summed E-state index contributed by atoms with van der Waals surface area (Å²) in [7, 11) is 0.968. The number of methoxy groups -OCH3 is 1. The Balaban J connectivity index is 2.21. The number of halogens is 3. The quantitative estimate of drug-likeness (QED) is 0.0880. The molecular weight excluding hydrogens is 507 g/mol. The van der Waals surface area contributed by atoms with E-state index in [2.05, 4.69) is 17.0 Å². The zero-order valence-corrected chi connectivity index (χ0v) is 24.5. The van der Waals surface area contributed by atoms with Crippen molar-refractivity contribution in [3.63, 3.8) is 0 Å². The zero-order valence-electron chi connectivity index (χ0n) is 24.5. The topological polar surface area (TPSA) is 64.6 Å². The summed E-state index contributed by atoms with van der Waals surface area (Å²) in [6, 6.07) is -0.612. The number of carbonyl (C=O) groups excluding carboxylic acids is 2. The van der Waals surface area contributed by atoms with E-state index in [0.29, 0.717) is 6.07 Å². The van der Waals surface area contributed by atoms with Crippen molar-refractivity contribution in [3.05, 3.63) is 29.1 Å². The van der Waals surface area contributed by atoms with Crippen LogP contribution in [0.5, 0.6) is 5.75 Å². The molecule has 0 aliphatic heterocycles. The van der Waals surface area contributed by atoms with Crippen molar-refractivity contribution in [1.82, 2.24) is 5.32 Å². The van der Waals surface area contributed by atoms with E-state index in [9.17, 15) is 22.8 Å². The molecule has 0 saturated carbocycles. The molecule has 1 atom stereocenters. The van der Waals surface area contributed by atoms with Gasteiger partial charge in [0.05, 0.1) is 19.3 Å². The first kappa shape index (κ1) is 34.8. The van der Waals surface area contributed by atoms with Crippen molar-refractivity contribution in [2.24, 2.45) is 5.92 Å². The van der Waals surface area contributed by atoms with Crippen molar-refractivity contribution in [3.8, 4) is 5.75 Å². The molecule has 0 aliphatic carbocycles. The molecule has 0 heterocycles. The van der Waals surface area contributed by atoms with Crippen molar-refractivity contribution >= 4 is 11.9 Å². The van der Waals surface area contributed by atoms with E-state index in [1.165, 1.54) is 83.5 Å². The van der Waals surface area contributed by atoms with Gasteiger partial charge in [0.25, 0.3) is 5.91 Å². The second-order valence-corrected chi connectivity index (χ2v) is 10.7. The van der Waals surface area contributed by atoms with E-state index in [1.807, 2.05) is 0 Å².